The predicted molar refractivity (Wildman–Crippen MR) is 82.8 cm³/mol. The minimum Gasteiger partial charge on any atom is -0.320 e. The van der Waals surface area contributed by atoms with Gasteiger partial charge in [-0.2, -0.15) is 17.0 Å². The van der Waals surface area contributed by atoms with E-state index < -0.39 is 15.2 Å². The highest BCUT2D eigenvalue weighted by atomic mass is 32.2. The minimum atomic E-state index is -3.32. The molecule has 112 valence electrons. The van der Waals surface area contributed by atoms with Gasteiger partial charge < -0.3 is 4.90 Å². The van der Waals surface area contributed by atoms with Gasteiger partial charge in [-0.1, -0.05) is 13.0 Å². The highest BCUT2D eigenvalue weighted by molar-refractivity contribution is 8.01. The lowest BCUT2D eigenvalue weighted by Crippen LogP contribution is -2.50. The number of hydrogen-bond acceptors (Lipinski definition) is 5. The van der Waals surface area contributed by atoms with Crippen LogP contribution in [0.25, 0.3) is 0 Å². The summed E-state index contributed by atoms with van der Waals surface area (Å²) in [5.41, 5.74) is 0.749. The van der Waals surface area contributed by atoms with E-state index in [2.05, 4.69) is 0 Å². The van der Waals surface area contributed by atoms with Crippen molar-refractivity contribution in [2.75, 3.05) is 23.8 Å². The Bertz CT molecular complexity index is 680. The van der Waals surface area contributed by atoms with Crippen LogP contribution in [0.15, 0.2) is 24.3 Å². The van der Waals surface area contributed by atoms with E-state index in [1.165, 1.54) is 11.0 Å². The molecule has 0 bridgehead atoms. The molecular weight excluding hydrogens is 308 g/mol. The lowest BCUT2D eigenvalue weighted by atomic mass is 10.1. The summed E-state index contributed by atoms with van der Waals surface area (Å²) in [7, 11) is -3.32. The van der Waals surface area contributed by atoms with Gasteiger partial charge in [-0.15, -0.1) is 0 Å². The van der Waals surface area contributed by atoms with E-state index in [1.807, 2.05) is 6.07 Å². The van der Waals surface area contributed by atoms with Crippen molar-refractivity contribution in [2.45, 2.75) is 12.3 Å². The van der Waals surface area contributed by atoms with Crippen LogP contribution in [0.2, 0.25) is 0 Å². The first-order chi connectivity index (χ1) is 9.99. The molecule has 0 N–H and O–H groups in total. The Morgan fingerprint density at radius 3 is 2.95 bits per heavy atom. The van der Waals surface area contributed by atoms with Gasteiger partial charge in [0.25, 0.3) is 5.91 Å². The Balaban J connectivity index is 2.33. The maximum atomic E-state index is 12.6. The molecule has 1 saturated heterocycles. The molecule has 0 spiro atoms. The van der Waals surface area contributed by atoms with Gasteiger partial charge in [0.05, 0.1) is 11.6 Å². The van der Waals surface area contributed by atoms with Crippen molar-refractivity contribution in [3.8, 4) is 6.07 Å². The number of carbonyl (C=O) groups excluding carboxylic acids is 1. The third-order valence-corrected chi connectivity index (χ3v) is 6.69. The minimum absolute atomic E-state index is 0.0141. The van der Waals surface area contributed by atoms with Crippen molar-refractivity contribution in [1.29, 1.82) is 5.26 Å². The van der Waals surface area contributed by atoms with Crippen molar-refractivity contribution in [1.82, 2.24) is 4.90 Å². The van der Waals surface area contributed by atoms with Crippen LogP contribution in [-0.4, -0.2) is 48.4 Å². The van der Waals surface area contributed by atoms with E-state index in [1.54, 1.807) is 36.9 Å². The summed E-state index contributed by atoms with van der Waals surface area (Å²) >= 11 is 1.54. The molecule has 1 heterocycles. The fourth-order valence-corrected chi connectivity index (χ4v) is 5.16. The fourth-order valence-electron chi connectivity index (χ4n) is 2.19. The second-order valence-corrected chi connectivity index (χ2v) is 8.27. The topological polar surface area (TPSA) is 78.2 Å². The lowest BCUT2D eigenvalue weighted by molar-refractivity contribution is 0.0749. The maximum Gasteiger partial charge on any atom is 0.255 e. The molecule has 1 aliphatic heterocycles. The van der Waals surface area contributed by atoms with Gasteiger partial charge in [0.2, 0.25) is 0 Å². The molecule has 1 aliphatic rings. The number of hydrogen-bond donors (Lipinski definition) is 0. The first-order valence-electron chi connectivity index (χ1n) is 6.60. The van der Waals surface area contributed by atoms with Crippen molar-refractivity contribution >= 4 is 27.5 Å². The quantitative estimate of drug-likeness (QED) is 0.842. The summed E-state index contributed by atoms with van der Waals surface area (Å²) < 4.78 is 24.3. The standard InChI is InChI=1S/C14H16N2O3S2/c1-2-21(18,19)13-10-20-7-6-16(13)14(17)12-5-3-4-11(8-12)9-15/h3-5,8,13H,2,6-7,10H2,1H3. The van der Waals surface area contributed by atoms with Crippen LogP contribution in [0.4, 0.5) is 0 Å². The molecular formula is C14H16N2O3S2. The van der Waals surface area contributed by atoms with Gasteiger partial charge in [-0.05, 0) is 18.2 Å². The van der Waals surface area contributed by atoms with E-state index in [0.717, 1.165) is 5.75 Å². The summed E-state index contributed by atoms with van der Waals surface area (Å²) in [6.45, 7) is 2.00. The molecule has 1 fully saturated rings. The zero-order valence-electron chi connectivity index (χ0n) is 11.7. The average Bonchev–Trinajstić information content (AvgIpc) is 2.54. The van der Waals surface area contributed by atoms with Crippen LogP contribution in [-0.2, 0) is 9.84 Å². The Kier molecular flexibility index (Phi) is 4.91. The molecule has 1 atom stereocenters. The third-order valence-electron chi connectivity index (χ3n) is 3.40. The van der Waals surface area contributed by atoms with Crippen molar-refractivity contribution in [2.24, 2.45) is 0 Å². The molecule has 0 radical (unpaired) electrons. The maximum absolute atomic E-state index is 12.6. The highest BCUT2D eigenvalue weighted by Crippen LogP contribution is 2.23. The molecule has 5 nitrogen and oxygen atoms in total. The summed E-state index contributed by atoms with van der Waals surface area (Å²) in [5, 5.41) is 8.12. The zero-order chi connectivity index (χ0) is 15.5. The molecule has 7 heteroatoms. The molecule has 2 rings (SSSR count). The van der Waals surface area contributed by atoms with Crippen molar-refractivity contribution in [3.05, 3.63) is 35.4 Å². The van der Waals surface area contributed by atoms with E-state index in [9.17, 15) is 13.2 Å². The predicted octanol–water partition coefficient (Wildman–Crippen LogP) is 1.51. The second kappa shape index (κ2) is 6.50. The largest absolute Gasteiger partial charge is 0.320 e. The van der Waals surface area contributed by atoms with Gasteiger partial charge in [0.15, 0.2) is 9.84 Å². The Hall–Kier alpha value is -1.52. The van der Waals surface area contributed by atoms with Crippen LogP contribution < -0.4 is 0 Å². The van der Waals surface area contributed by atoms with Crippen molar-refractivity contribution in [3.63, 3.8) is 0 Å². The van der Waals surface area contributed by atoms with Gasteiger partial charge in [-0.3, -0.25) is 4.79 Å². The first kappa shape index (κ1) is 15.9. The van der Waals surface area contributed by atoms with E-state index in [-0.39, 0.29) is 11.7 Å². The van der Waals surface area contributed by atoms with E-state index in [0.29, 0.717) is 23.4 Å². The smallest absolute Gasteiger partial charge is 0.255 e. The van der Waals surface area contributed by atoms with E-state index >= 15 is 0 Å². The van der Waals surface area contributed by atoms with Crippen LogP contribution in [0.5, 0.6) is 0 Å². The average molecular weight is 324 g/mol. The summed E-state index contributed by atoms with van der Waals surface area (Å²) in [4.78, 5) is 14.0. The monoisotopic (exact) mass is 324 g/mol. The number of rotatable bonds is 3. The number of thioether (sulfide) groups is 1. The molecule has 1 unspecified atom stereocenters. The van der Waals surface area contributed by atoms with Crippen molar-refractivity contribution < 1.29 is 13.2 Å². The SMILES string of the molecule is CCS(=O)(=O)C1CSCCN1C(=O)c1cccc(C#N)c1. The van der Waals surface area contributed by atoms with Gasteiger partial charge in [0, 0.05) is 29.4 Å². The number of benzene rings is 1. The normalized spacial score (nSPS) is 19.0. The molecule has 21 heavy (non-hydrogen) atoms. The number of amides is 1. The Morgan fingerprint density at radius 1 is 1.52 bits per heavy atom. The van der Waals surface area contributed by atoms with Gasteiger partial charge in [-0.25, -0.2) is 8.42 Å². The molecule has 1 aromatic rings. The number of carbonyl (C=O) groups is 1. The summed E-state index contributed by atoms with van der Waals surface area (Å²) in [6, 6.07) is 8.34. The highest BCUT2D eigenvalue weighted by Gasteiger charge is 2.36. The summed E-state index contributed by atoms with van der Waals surface area (Å²) in [6.07, 6.45) is 0. The number of sulfone groups is 1. The van der Waals surface area contributed by atoms with Crippen LogP contribution in [0.1, 0.15) is 22.8 Å². The van der Waals surface area contributed by atoms with Gasteiger partial charge in [0.1, 0.15) is 5.37 Å². The third kappa shape index (κ3) is 3.39. The Labute approximate surface area is 128 Å². The van der Waals surface area contributed by atoms with Gasteiger partial charge >= 0.3 is 0 Å². The fraction of sp³-hybridized carbons (Fsp3) is 0.429. The van der Waals surface area contributed by atoms with E-state index in [4.69, 9.17) is 5.26 Å². The van der Waals surface area contributed by atoms with Crippen LogP contribution in [0, 0.1) is 11.3 Å². The molecule has 1 amide bonds. The summed E-state index contributed by atoms with van der Waals surface area (Å²) in [5.74, 6) is 0.814. The van der Waals surface area contributed by atoms with Crippen LogP contribution in [0.3, 0.4) is 0 Å². The Morgan fingerprint density at radius 2 is 2.29 bits per heavy atom. The molecule has 0 aromatic heterocycles. The number of nitrogens with zero attached hydrogens (tertiary/aromatic N) is 2. The molecule has 0 saturated carbocycles. The first-order valence-corrected chi connectivity index (χ1v) is 9.47. The molecule has 1 aromatic carbocycles. The lowest BCUT2D eigenvalue weighted by Gasteiger charge is -2.34. The molecule has 0 aliphatic carbocycles. The number of nitriles is 1. The zero-order valence-corrected chi connectivity index (χ0v) is 13.3. The van der Waals surface area contributed by atoms with Crippen LogP contribution >= 0.6 is 11.8 Å². The second-order valence-electron chi connectivity index (χ2n) is 4.67.